The lowest BCUT2D eigenvalue weighted by atomic mass is 9.89. The molecule has 4 heteroatoms. The average Bonchev–Trinajstić information content (AvgIpc) is 2.82. The highest BCUT2D eigenvalue weighted by atomic mass is 16.2. The lowest BCUT2D eigenvalue weighted by molar-refractivity contribution is -0.132. The summed E-state index contributed by atoms with van der Waals surface area (Å²) in [7, 11) is 0. The zero-order chi connectivity index (χ0) is 17.1. The summed E-state index contributed by atoms with van der Waals surface area (Å²) in [6.07, 6.45) is 0.757. The van der Waals surface area contributed by atoms with E-state index in [2.05, 4.69) is 0 Å². The Morgan fingerprint density at radius 1 is 1.17 bits per heavy atom. The van der Waals surface area contributed by atoms with Gasteiger partial charge in [0.25, 0.3) is 0 Å². The average molecular weight is 313 g/mol. The second-order valence-corrected chi connectivity index (χ2v) is 5.74. The number of carbonyl (C=O) groups excluding carboxylic acids is 3. The molecule has 1 aliphatic rings. The van der Waals surface area contributed by atoms with Gasteiger partial charge in [-0.2, -0.15) is 0 Å². The van der Waals surface area contributed by atoms with Gasteiger partial charge in [0.15, 0.2) is 5.78 Å². The fraction of sp³-hybridized carbons (Fsp3) is 0.421. The number of ketones is 3. The van der Waals surface area contributed by atoms with Gasteiger partial charge < -0.3 is 4.57 Å². The van der Waals surface area contributed by atoms with E-state index in [1.54, 1.807) is 6.92 Å². The van der Waals surface area contributed by atoms with Crippen molar-refractivity contribution in [2.24, 2.45) is 5.92 Å². The first-order chi connectivity index (χ1) is 11.0. The van der Waals surface area contributed by atoms with E-state index in [9.17, 15) is 14.4 Å². The van der Waals surface area contributed by atoms with E-state index in [1.807, 2.05) is 42.7 Å². The first-order valence-electron chi connectivity index (χ1n) is 8.10. The summed E-state index contributed by atoms with van der Waals surface area (Å²) in [5.74, 6) is -0.603. The smallest absolute Gasteiger partial charge is 0.163 e. The first kappa shape index (κ1) is 17.1. The molecule has 1 aromatic heterocycles. The molecule has 0 radical (unpaired) electrons. The van der Waals surface area contributed by atoms with Crippen LogP contribution in [0.2, 0.25) is 0 Å². The number of para-hydroxylation sites is 1. The van der Waals surface area contributed by atoms with Gasteiger partial charge in [0.05, 0.1) is 12.5 Å². The van der Waals surface area contributed by atoms with Gasteiger partial charge >= 0.3 is 0 Å². The Morgan fingerprint density at radius 3 is 2.43 bits per heavy atom. The Morgan fingerprint density at radius 2 is 1.83 bits per heavy atom. The summed E-state index contributed by atoms with van der Waals surface area (Å²) in [5.41, 5.74) is 2.90. The van der Waals surface area contributed by atoms with Crippen LogP contribution in [0.3, 0.4) is 0 Å². The molecule has 0 spiro atoms. The molecule has 2 heterocycles. The normalized spacial score (nSPS) is 16.5. The fourth-order valence-corrected chi connectivity index (χ4v) is 3.23. The summed E-state index contributed by atoms with van der Waals surface area (Å²) in [6, 6.07) is 7.80. The number of hydrogen-bond donors (Lipinski definition) is 0. The number of carbonyl (C=O) groups is 3. The fourth-order valence-electron chi connectivity index (χ4n) is 3.23. The molecule has 0 N–H and O–H groups in total. The van der Waals surface area contributed by atoms with Crippen LogP contribution in [0.1, 0.15) is 39.0 Å². The van der Waals surface area contributed by atoms with E-state index in [0.717, 1.165) is 22.2 Å². The summed E-state index contributed by atoms with van der Waals surface area (Å²) in [6.45, 7) is 7.25. The van der Waals surface area contributed by atoms with Gasteiger partial charge in [0, 0.05) is 29.4 Å². The second kappa shape index (κ2) is 6.90. The van der Waals surface area contributed by atoms with Gasteiger partial charge in [0.1, 0.15) is 11.6 Å². The van der Waals surface area contributed by atoms with Gasteiger partial charge in [-0.25, -0.2) is 0 Å². The third-order valence-corrected chi connectivity index (χ3v) is 4.21. The number of fused-ring (bicyclic) bond motifs is 3. The van der Waals surface area contributed by atoms with Gasteiger partial charge in [-0.15, -0.1) is 0 Å². The van der Waals surface area contributed by atoms with E-state index >= 15 is 0 Å². The Balaban J connectivity index is 0.000000924. The monoisotopic (exact) mass is 313 g/mol. The largest absolute Gasteiger partial charge is 0.337 e. The molecule has 3 rings (SSSR count). The van der Waals surface area contributed by atoms with Crippen LogP contribution in [0, 0.1) is 5.92 Å². The number of nitrogens with zero attached hydrogens (tertiary/aromatic N) is 1. The van der Waals surface area contributed by atoms with Crippen molar-refractivity contribution in [2.75, 3.05) is 0 Å². The lowest BCUT2D eigenvalue weighted by Crippen LogP contribution is -2.34. The Kier molecular flexibility index (Phi) is 5.14. The van der Waals surface area contributed by atoms with Crippen molar-refractivity contribution in [1.82, 2.24) is 4.57 Å². The molecule has 1 aliphatic heterocycles. The SMILES string of the molecule is CC.CC(=O)Cc1c2n(c3ccccc13)CC(=O)C(C(C)=O)C2. The highest BCUT2D eigenvalue weighted by molar-refractivity contribution is 6.03. The van der Waals surface area contributed by atoms with E-state index in [1.165, 1.54) is 6.92 Å². The van der Waals surface area contributed by atoms with Crippen LogP contribution < -0.4 is 0 Å². The second-order valence-electron chi connectivity index (χ2n) is 5.74. The van der Waals surface area contributed by atoms with Crippen LogP contribution in [-0.2, 0) is 33.8 Å². The van der Waals surface area contributed by atoms with Crippen LogP contribution in [-0.4, -0.2) is 21.9 Å². The molecule has 0 saturated heterocycles. The number of hydrogen-bond acceptors (Lipinski definition) is 3. The topological polar surface area (TPSA) is 56.1 Å². The molecular weight excluding hydrogens is 290 g/mol. The molecule has 0 fully saturated rings. The molecule has 0 amide bonds. The van der Waals surface area contributed by atoms with E-state index < -0.39 is 5.92 Å². The number of aromatic nitrogens is 1. The van der Waals surface area contributed by atoms with Crippen LogP contribution in [0.4, 0.5) is 0 Å². The van der Waals surface area contributed by atoms with Crippen LogP contribution >= 0.6 is 0 Å². The maximum Gasteiger partial charge on any atom is 0.163 e. The van der Waals surface area contributed by atoms with E-state index in [-0.39, 0.29) is 23.9 Å². The minimum atomic E-state index is -0.562. The predicted octanol–water partition coefficient (Wildman–Crippen LogP) is 3.13. The maximum atomic E-state index is 12.2. The summed E-state index contributed by atoms with van der Waals surface area (Å²) < 4.78 is 1.97. The summed E-state index contributed by atoms with van der Waals surface area (Å²) >= 11 is 0. The van der Waals surface area contributed by atoms with Crippen LogP contribution in [0.25, 0.3) is 10.9 Å². The number of rotatable bonds is 3. The number of Topliss-reactive ketones (excluding diaryl/α,β-unsaturated/α-hetero) is 3. The van der Waals surface area contributed by atoms with Crippen molar-refractivity contribution in [3.63, 3.8) is 0 Å². The molecule has 23 heavy (non-hydrogen) atoms. The zero-order valence-electron chi connectivity index (χ0n) is 14.2. The van der Waals surface area contributed by atoms with Crippen molar-refractivity contribution in [3.05, 3.63) is 35.5 Å². The van der Waals surface area contributed by atoms with Crippen molar-refractivity contribution in [3.8, 4) is 0 Å². The molecule has 0 bridgehead atoms. The minimum absolute atomic E-state index is 0.0369. The van der Waals surface area contributed by atoms with Crippen molar-refractivity contribution >= 4 is 28.3 Å². The summed E-state index contributed by atoms with van der Waals surface area (Å²) in [4.78, 5) is 35.4. The highest BCUT2D eigenvalue weighted by Crippen LogP contribution is 2.32. The van der Waals surface area contributed by atoms with Gasteiger partial charge in [-0.3, -0.25) is 14.4 Å². The molecule has 122 valence electrons. The molecule has 1 aromatic carbocycles. The van der Waals surface area contributed by atoms with Crippen molar-refractivity contribution in [2.45, 2.75) is 47.1 Å². The maximum absolute atomic E-state index is 12.2. The highest BCUT2D eigenvalue weighted by Gasteiger charge is 2.33. The molecule has 0 aliphatic carbocycles. The Hall–Kier alpha value is -2.23. The van der Waals surface area contributed by atoms with Crippen LogP contribution in [0.15, 0.2) is 24.3 Å². The molecular formula is C19H23NO3. The molecule has 4 nitrogen and oxygen atoms in total. The molecule has 1 unspecified atom stereocenters. The van der Waals surface area contributed by atoms with E-state index in [0.29, 0.717) is 12.8 Å². The van der Waals surface area contributed by atoms with Crippen molar-refractivity contribution < 1.29 is 14.4 Å². The van der Waals surface area contributed by atoms with E-state index in [4.69, 9.17) is 0 Å². The molecule has 2 aromatic rings. The molecule has 0 saturated carbocycles. The van der Waals surface area contributed by atoms with Crippen LogP contribution in [0.5, 0.6) is 0 Å². The molecule has 1 atom stereocenters. The van der Waals surface area contributed by atoms with Gasteiger partial charge in [-0.1, -0.05) is 32.0 Å². The minimum Gasteiger partial charge on any atom is -0.337 e. The standard InChI is InChI=1S/C17H17NO3.C2H6/c1-10(19)7-14-12-5-3-4-6-15(12)18-9-17(21)13(11(2)20)8-16(14)18;1-2/h3-6,13H,7-9H2,1-2H3;1-2H3. The van der Waals surface area contributed by atoms with Gasteiger partial charge in [0.2, 0.25) is 0 Å². The summed E-state index contributed by atoms with van der Waals surface area (Å²) in [5, 5.41) is 1.01. The lowest BCUT2D eigenvalue weighted by Gasteiger charge is -2.22. The Labute approximate surface area is 136 Å². The Bertz CT molecular complexity index is 770. The van der Waals surface area contributed by atoms with Gasteiger partial charge in [-0.05, 0) is 25.5 Å². The zero-order valence-corrected chi connectivity index (χ0v) is 14.2. The quantitative estimate of drug-likeness (QED) is 0.818. The first-order valence-corrected chi connectivity index (χ1v) is 8.10. The third-order valence-electron chi connectivity index (χ3n) is 4.21. The third kappa shape index (κ3) is 3.11. The number of benzene rings is 1. The predicted molar refractivity (Wildman–Crippen MR) is 90.6 cm³/mol. The van der Waals surface area contributed by atoms with Crippen molar-refractivity contribution in [1.29, 1.82) is 0 Å².